The summed E-state index contributed by atoms with van der Waals surface area (Å²) in [6, 6.07) is -0.422. The molecule has 0 bridgehead atoms. The van der Waals surface area contributed by atoms with Crippen molar-refractivity contribution in [2.24, 2.45) is 0 Å². The maximum atomic E-state index is 11.8. The molecule has 0 radical (unpaired) electrons. The van der Waals surface area contributed by atoms with E-state index in [0.29, 0.717) is 19.8 Å². The van der Waals surface area contributed by atoms with Crippen LogP contribution in [0.3, 0.4) is 0 Å². The van der Waals surface area contributed by atoms with Crippen molar-refractivity contribution >= 4 is 11.8 Å². The van der Waals surface area contributed by atoms with Crippen LogP contribution in [-0.2, 0) is 14.3 Å². The summed E-state index contributed by atoms with van der Waals surface area (Å²) in [5.74, 6) is -0.203. The normalized spacial score (nSPS) is 21.2. The molecule has 1 aliphatic rings. The van der Waals surface area contributed by atoms with Gasteiger partial charge in [-0.15, -0.1) is 0 Å². The molecule has 0 aliphatic carbocycles. The summed E-state index contributed by atoms with van der Waals surface area (Å²) < 4.78 is 5.16. The molecule has 0 spiro atoms. The van der Waals surface area contributed by atoms with Crippen molar-refractivity contribution in [3.05, 3.63) is 0 Å². The van der Waals surface area contributed by atoms with Crippen LogP contribution < -0.4 is 5.32 Å². The van der Waals surface area contributed by atoms with E-state index in [1.807, 2.05) is 20.8 Å². The maximum absolute atomic E-state index is 11.8. The molecule has 92 valence electrons. The van der Waals surface area contributed by atoms with Crippen LogP contribution in [0.25, 0.3) is 0 Å². The molecule has 0 saturated carbocycles. The Morgan fingerprint density at radius 2 is 2.19 bits per heavy atom. The van der Waals surface area contributed by atoms with Crippen LogP contribution in [0.1, 0.15) is 27.2 Å². The van der Waals surface area contributed by atoms with E-state index in [4.69, 9.17) is 4.74 Å². The molecule has 5 nitrogen and oxygen atoms in total. The molecule has 1 rings (SSSR count). The molecule has 1 aliphatic heterocycles. The lowest BCUT2D eigenvalue weighted by Crippen LogP contribution is -2.42. The smallest absolute Gasteiger partial charge is 0.247 e. The molecule has 1 heterocycles. The average molecular weight is 228 g/mol. The lowest BCUT2D eigenvalue weighted by atomic mass is 10.2. The van der Waals surface area contributed by atoms with Gasteiger partial charge in [-0.2, -0.15) is 0 Å². The number of hydrogen-bond donors (Lipinski definition) is 1. The predicted octanol–water partition coefficient (Wildman–Crippen LogP) is 0.148. The number of rotatable bonds is 6. The first kappa shape index (κ1) is 13.1. The summed E-state index contributed by atoms with van der Waals surface area (Å²) >= 11 is 0. The summed E-state index contributed by atoms with van der Waals surface area (Å²) in [6.07, 6.45) is 0.267. The molecule has 0 aromatic heterocycles. The van der Waals surface area contributed by atoms with Gasteiger partial charge in [0, 0.05) is 19.2 Å². The molecule has 5 heteroatoms. The second-order valence-electron chi connectivity index (χ2n) is 4.10. The largest absolute Gasteiger partial charge is 0.380 e. The van der Waals surface area contributed by atoms with Crippen molar-refractivity contribution in [3.8, 4) is 0 Å². The number of likely N-dealkylation sites (tertiary alicyclic amines) is 1. The van der Waals surface area contributed by atoms with Gasteiger partial charge in [0.25, 0.3) is 0 Å². The molecule has 0 aromatic carbocycles. The third-order valence-electron chi connectivity index (χ3n) is 2.54. The minimum atomic E-state index is -0.365. The molecule has 16 heavy (non-hydrogen) atoms. The highest BCUT2D eigenvalue weighted by Gasteiger charge is 2.39. The molecular formula is C11H20N2O3. The fraction of sp³-hybridized carbons (Fsp3) is 0.818. The first-order valence-electron chi connectivity index (χ1n) is 5.75. The number of nitrogens with one attached hydrogen (secondary N) is 1. The Morgan fingerprint density at radius 3 is 2.69 bits per heavy atom. The minimum Gasteiger partial charge on any atom is -0.380 e. The third-order valence-corrected chi connectivity index (χ3v) is 2.54. The predicted molar refractivity (Wildman–Crippen MR) is 59.9 cm³/mol. The first-order valence-corrected chi connectivity index (χ1v) is 5.75. The van der Waals surface area contributed by atoms with Gasteiger partial charge < -0.3 is 10.1 Å². The number of imide groups is 1. The molecule has 1 fully saturated rings. The zero-order valence-electron chi connectivity index (χ0n) is 10.2. The van der Waals surface area contributed by atoms with Gasteiger partial charge in [-0.3, -0.25) is 14.5 Å². The van der Waals surface area contributed by atoms with Gasteiger partial charge in [-0.05, 0) is 20.8 Å². The topological polar surface area (TPSA) is 58.6 Å². The van der Waals surface area contributed by atoms with Crippen LogP contribution in [0.4, 0.5) is 0 Å². The van der Waals surface area contributed by atoms with Crippen molar-refractivity contribution in [2.75, 3.05) is 19.8 Å². The second kappa shape index (κ2) is 5.96. The minimum absolute atomic E-state index is 0.0568. The van der Waals surface area contributed by atoms with Crippen molar-refractivity contribution < 1.29 is 14.3 Å². The fourth-order valence-electron chi connectivity index (χ4n) is 1.80. The van der Waals surface area contributed by atoms with Gasteiger partial charge in [0.1, 0.15) is 0 Å². The third kappa shape index (κ3) is 3.02. The first-order chi connectivity index (χ1) is 7.57. The van der Waals surface area contributed by atoms with Gasteiger partial charge in [-0.1, -0.05) is 0 Å². The summed E-state index contributed by atoms with van der Waals surface area (Å²) in [5, 5.41) is 3.04. The summed E-state index contributed by atoms with van der Waals surface area (Å²) in [6.45, 7) is 7.44. The van der Waals surface area contributed by atoms with Crippen LogP contribution in [0.15, 0.2) is 0 Å². The molecule has 0 aromatic rings. The zero-order chi connectivity index (χ0) is 12.1. The van der Waals surface area contributed by atoms with Crippen LogP contribution in [0.5, 0.6) is 0 Å². The van der Waals surface area contributed by atoms with Crippen LogP contribution in [0.2, 0.25) is 0 Å². The highest BCUT2D eigenvalue weighted by molar-refractivity contribution is 6.05. The summed E-state index contributed by atoms with van der Waals surface area (Å²) in [5.41, 5.74) is 0. The Balaban J connectivity index is 2.40. The molecule has 2 amide bonds. The lowest BCUT2D eigenvalue weighted by Gasteiger charge is -2.19. The van der Waals surface area contributed by atoms with Gasteiger partial charge >= 0.3 is 0 Å². The van der Waals surface area contributed by atoms with Crippen LogP contribution in [-0.4, -0.2) is 48.6 Å². The van der Waals surface area contributed by atoms with Crippen molar-refractivity contribution in [3.63, 3.8) is 0 Å². The van der Waals surface area contributed by atoms with E-state index in [9.17, 15) is 9.59 Å². The van der Waals surface area contributed by atoms with E-state index in [0.717, 1.165) is 0 Å². The number of ether oxygens (including phenoxy) is 1. The van der Waals surface area contributed by atoms with E-state index in [2.05, 4.69) is 5.32 Å². The zero-order valence-corrected chi connectivity index (χ0v) is 10.2. The molecule has 1 saturated heterocycles. The van der Waals surface area contributed by atoms with Crippen LogP contribution in [0, 0.1) is 0 Å². The Morgan fingerprint density at radius 1 is 1.50 bits per heavy atom. The van der Waals surface area contributed by atoms with Gasteiger partial charge in [0.05, 0.1) is 19.1 Å². The number of carbonyl (C=O) groups is 2. The van der Waals surface area contributed by atoms with Gasteiger partial charge in [0.2, 0.25) is 11.8 Å². The lowest BCUT2D eigenvalue weighted by molar-refractivity contribution is -0.140. The molecule has 1 N–H and O–H groups in total. The second-order valence-corrected chi connectivity index (χ2v) is 4.10. The van der Waals surface area contributed by atoms with Gasteiger partial charge in [0.15, 0.2) is 0 Å². The van der Waals surface area contributed by atoms with E-state index in [1.54, 1.807) is 0 Å². The SMILES string of the molecule is CCOCCNC1CC(=O)N(C(C)C)C1=O. The highest BCUT2D eigenvalue weighted by Crippen LogP contribution is 2.15. The fourth-order valence-corrected chi connectivity index (χ4v) is 1.80. The number of hydrogen-bond acceptors (Lipinski definition) is 4. The number of carbonyl (C=O) groups excluding carboxylic acids is 2. The molecule has 1 atom stereocenters. The highest BCUT2D eigenvalue weighted by atomic mass is 16.5. The van der Waals surface area contributed by atoms with Gasteiger partial charge in [-0.25, -0.2) is 0 Å². The maximum Gasteiger partial charge on any atom is 0.247 e. The molecular weight excluding hydrogens is 208 g/mol. The Hall–Kier alpha value is -0.940. The standard InChI is InChI=1S/C11H20N2O3/c1-4-16-6-5-12-9-7-10(14)13(8(2)3)11(9)15/h8-9,12H,4-7H2,1-3H3. The Bertz CT molecular complexity index is 266. The summed E-state index contributed by atoms with van der Waals surface area (Å²) in [7, 11) is 0. The Labute approximate surface area is 96.1 Å². The monoisotopic (exact) mass is 228 g/mol. The van der Waals surface area contributed by atoms with Crippen molar-refractivity contribution in [2.45, 2.75) is 39.3 Å². The van der Waals surface area contributed by atoms with Crippen LogP contribution >= 0.6 is 0 Å². The van der Waals surface area contributed by atoms with Crippen molar-refractivity contribution in [1.82, 2.24) is 10.2 Å². The van der Waals surface area contributed by atoms with E-state index < -0.39 is 0 Å². The quantitative estimate of drug-likeness (QED) is 0.519. The van der Waals surface area contributed by atoms with E-state index >= 15 is 0 Å². The van der Waals surface area contributed by atoms with Crippen molar-refractivity contribution in [1.29, 1.82) is 0 Å². The Kier molecular flexibility index (Phi) is 4.89. The van der Waals surface area contributed by atoms with E-state index in [1.165, 1.54) is 4.90 Å². The number of nitrogens with zero attached hydrogens (tertiary/aromatic N) is 1. The average Bonchev–Trinajstić information content (AvgIpc) is 2.49. The number of amides is 2. The molecule has 1 unspecified atom stereocenters. The summed E-state index contributed by atoms with van der Waals surface area (Å²) in [4.78, 5) is 24.7. The van der Waals surface area contributed by atoms with E-state index in [-0.39, 0.29) is 30.3 Å².